The molecule has 0 radical (unpaired) electrons. The van der Waals surface area contributed by atoms with Crippen molar-refractivity contribution in [2.75, 3.05) is 30.9 Å². The molecule has 9 heteroatoms. The van der Waals surface area contributed by atoms with Crippen molar-refractivity contribution in [3.63, 3.8) is 0 Å². The zero-order chi connectivity index (χ0) is 23.0. The van der Waals surface area contributed by atoms with Gasteiger partial charge in [-0.2, -0.15) is 0 Å². The monoisotopic (exact) mass is 462 g/mol. The fraction of sp³-hybridized carbons (Fsp3) is 0.435. The van der Waals surface area contributed by atoms with Crippen molar-refractivity contribution in [2.45, 2.75) is 31.7 Å². The molecular formula is C23H26F3N4OP. The van der Waals surface area contributed by atoms with Gasteiger partial charge in [0.15, 0.2) is 0 Å². The summed E-state index contributed by atoms with van der Waals surface area (Å²) in [6, 6.07) is 5.90. The number of rotatable bonds is 5. The van der Waals surface area contributed by atoms with Crippen LogP contribution in [0.15, 0.2) is 35.4 Å². The highest BCUT2D eigenvalue weighted by atomic mass is 31.1. The molecule has 3 heterocycles. The smallest absolute Gasteiger partial charge is 0.266 e. The van der Waals surface area contributed by atoms with Gasteiger partial charge >= 0.3 is 0 Å². The minimum atomic E-state index is -2.88. The second-order valence-electron chi connectivity index (χ2n) is 8.45. The number of aromatic nitrogens is 3. The molecule has 1 fully saturated rings. The maximum atomic E-state index is 14.6. The highest BCUT2D eigenvalue weighted by molar-refractivity contribution is 7.56. The number of pyridine rings is 1. The Bertz CT molecular complexity index is 1190. The van der Waals surface area contributed by atoms with Crippen LogP contribution in [-0.2, 0) is 13.6 Å². The summed E-state index contributed by atoms with van der Waals surface area (Å²) >= 11 is 0. The molecule has 1 aromatic carbocycles. The Morgan fingerprint density at radius 3 is 2.66 bits per heavy atom. The van der Waals surface area contributed by atoms with Crippen molar-refractivity contribution in [1.29, 1.82) is 0 Å². The first-order valence-electron chi connectivity index (χ1n) is 10.6. The van der Waals surface area contributed by atoms with Crippen molar-refractivity contribution >= 4 is 24.8 Å². The minimum Gasteiger partial charge on any atom is -0.355 e. The quantitative estimate of drug-likeness (QED) is 0.499. The Labute approximate surface area is 186 Å². The van der Waals surface area contributed by atoms with Gasteiger partial charge in [-0.3, -0.25) is 9.36 Å². The summed E-state index contributed by atoms with van der Waals surface area (Å²) in [5, 5.41) is 0.696. The summed E-state index contributed by atoms with van der Waals surface area (Å²) in [4.78, 5) is 23.5. The van der Waals surface area contributed by atoms with Crippen LogP contribution in [-0.4, -0.2) is 40.6 Å². The average Bonchev–Trinajstić information content (AvgIpc) is 2.77. The topological polar surface area (TPSA) is 51.0 Å². The summed E-state index contributed by atoms with van der Waals surface area (Å²) < 4.78 is 42.3. The van der Waals surface area contributed by atoms with E-state index in [0.717, 1.165) is 36.8 Å². The van der Waals surface area contributed by atoms with Crippen molar-refractivity contribution in [3.8, 4) is 0 Å². The molecule has 0 amide bonds. The summed E-state index contributed by atoms with van der Waals surface area (Å²) in [5.74, 6) is -0.170. The number of hydrogen-bond acceptors (Lipinski definition) is 4. The van der Waals surface area contributed by atoms with E-state index >= 15 is 0 Å². The van der Waals surface area contributed by atoms with Crippen molar-refractivity contribution < 1.29 is 13.2 Å². The van der Waals surface area contributed by atoms with Crippen LogP contribution in [0.25, 0.3) is 11.0 Å². The number of benzene rings is 1. The molecule has 32 heavy (non-hydrogen) atoms. The van der Waals surface area contributed by atoms with Gasteiger partial charge in [0, 0.05) is 31.8 Å². The van der Waals surface area contributed by atoms with E-state index in [1.807, 2.05) is 6.07 Å². The molecule has 5 nitrogen and oxygen atoms in total. The molecule has 1 aliphatic heterocycles. The van der Waals surface area contributed by atoms with Gasteiger partial charge in [-0.15, -0.1) is 7.92 Å². The largest absolute Gasteiger partial charge is 0.355 e. The molecular weight excluding hydrogens is 436 g/mol. The molecule has 0 spiro atoms. The van der Waals surface area contributed by atoms with Gasteiger partial charge in [0.2, 0.25) is 0 Å². The standard InChI is InChI=1S/C23H26F3N4OP/c1-29(12-15-5-4-6-16(19(15)24)20(25)26)21-18-11-17(14-7-9-32(3)10-8-14)23(31)30(2)22(18)28-13-27-21/h4-6,11,13-14,20H,7-10,12H2,1-3H3. The predicted molar refractivity (Wildman–Crippen MR) is 123 cm³/mol. The van der Waals surface area contributed by atoms with E-state index in [-0.39, 0.29) is 31.5 Å². The number of fused-ring (bicyclic) bond motifs is 1. The van der Waals surface area contributed by atoms with Gasteiger partial charge < -0.3 is 4.90 Å². The number of alkyl halides is 2. The summed E-state index contributed by atoms with van der Waals surface area (Å²) in [7, 11) is 3.48. The molecule has 0 saturated carbocycles. The van der Waals surface area contributed by atoms with E-state index in [1.54, 1.807) is 23.6 Å². The van der Waals surface area contributed by atoms with Gasteiger partial charge in [-0.1, -0.05) is 18.2 Å². The SMILES string of the molecule is CN(Cc1cccc(C(F)F)c1F)c1ncnc2c1cc(C1CCP(C)CC1)c(=O)n2C. The summed E-state index contributed by atoms with van der Waals surface area (Å²) in [6.07, 6.45) is 2.78. The van der Waals surface area contributed by atoms with Crippen LogP contribution in [0.5, 0.6) is 0 Å². The maximum Gasteiger partial charge on any atom is 0.266 e. The Morgan fingerprint density at radius 1 is 1.25 bits per heavy atom. The Hall–Kier alpha value is -2.47. The Kier molecular flexibility index (Phi) is 6.52. The van der Waals surface area contributed by atoms with E-state index in [9.17, 15) is 18.0 Å². The molecule has 1 aliphatic rings. The Morgan fingerprint density at radius 2 is 1.97 bits per heavy atom. The second-order valence-corrected chi connectivity index (χ2v) is 11.1. The highest BCUT2D eigenvalue weighted by Crippen LogP contribution is 2.43. The van der Waals surface area contributed by atoms with Gasteiger partial charge in [0.1, 0.15) is 23.6 Å². The van der Waals surface area contributed by atoms with Crippen LogP contribution in [0.4, 0.5) is 19.0 Å². The molecule has 2 aromatic heterocycles. The lowest BCUT2D eigenvalue weighted by atomic mass is 9.93. The fourth-order valence-corrected chi connectivity index (χ4v) is 6.15. The minimum absolute atomic E-state index is 0.0483. The first-order valence-corrected chi connectivity index (χ1v) is 12.7. The fourth-order valence-electron chi connectivity index (χ4n) is 4.42. The molecule has 0 aliphatic carbocycles. The zero-order valence-corrected chi connectivity index (χ0v) is 19.2. The first-order chi connectivity index (χ1) is 15.3. The normalized spacial score (nSPS) is 19.0. The number of halogens is 3. The van der Waals surface area contributed by atoms with Crippen molar-refractivity contribution in [2.24, 2.45) is 7.05 Å². The lowest BCUT2D eigenvalue weighted by molar-refractivity contribution is 0.146. The summed E-state index contributed by atoms with van der Waals surface area (Å²) in [6.45, 7) is 2.35. The van der Waals surface area contributed by atoms with Crippen molar-refractivity contribution in [3.05, 3.63) is 63.5 Å². The van der Waals surface area contributed by atoms with Gasteiger partial charge in [0.05, 0.1) is 10.9 Å². The van der Waals surface area contributed by atoms with Gasteiger partial charge in [-0.25, -0.2) is 23.1 Å². The van der Waals surface area contributed by atoms with E-state index in [0.29, 0.717) is 16.9 Å². The molecule has 0 N–H and O–H groups in total. The van der Waals surface area contributed by atoms with E-state index in [1.165, 1.54) is 18.5 Å². The molecule has 0 unspecified atom stereocenters. The Balaban J connectivity index is 1.75. The van der Waals surface area contributed by atoms with Crippen LogP contribution < -0.4 is 10.5 Å². The lowest BCUT2D eigenvalue weighted by Gasteiger charge is -2.27. The molecule has 0 atom stereocenters. The molecule has 3 aromatic rings. The van der Waals surface area contributed by atoms with Crippen LogP contribution in [0, 0.1) is 5.82 Å². The molecule has 170 valence electrons. The van der Waals surface area contributed by atoms with Crippen LogP contribution in [0.3, 0.4) is 0 Å². The molecule has 0 bridgehead atoms. The number of aryl methyl sites for hydroxylation is 1. The highest BCUT2D eigenvalue weighted by Gasteiger charge is 2.25. The van der Waals surface area contributed by atoms with Crippen molar-refractivity contribution in [1.82, 2.24) is 14.5 Å². The van der Waals surface area contributed by atoms with E-state index in [2.05, 4.69) is 16.6 Å². The number of hydrogen-bond donors (Lipinski definition) is 0. The number of anilines is 1. The van der Waals surface area contributed by atoms with Crippen LogP contribution >= 0.6 is 7.92 Å². The predicted octanol–water partition coefficient (Wildman–Crippen LogP) is 5.03. The third-order valence-corrected chi connectivity index (χ3v) is 8.33. The third-order valence-electron chi connectivity index (χ3n) is 6.28. The van der Waals surface area contributed by atoms with Crippen LogP contribution in [0.1, 0.15) is 41.9 Å². The van der Waals surface area contributed by atoms with E-state index in [4.69, 9.17) is 0 Å². The second kappa shape index (κ2) is 9.18. The maximum absolute atomic E-state index is 14.6. The summed E-state index contributed by atoms with van der Waals surface area (Å²) in [5.41, 5.74) is 0.754. The third kappa shape index (κ3) is 4.25. The first kappa shape index (κ1) is 22.7. The van der Waals surface area contributed by atoms with Gasteiger partial charge in [0.25, 0.3) is 12.0 Å². The van der Waals surface area contributed by atoms with Gasteiger partial charge in [-0.05, 0) is 43.8 Å². The molecule has 4 rings (SSSR count). The molecule has 1 saturated heterocycles. The van der Waals surface area contributed by atoms with Crippen LogP contribution in [0.2, 0.25) is 0 Å². The lowest BCUT2D eigenvalue weighted by Crippen LogP contribution is -2.27. The average molecular weight is 462 g/mol. The number of nitrogens with zero attached hydrogens (tertiary/aromatic N) is 4. The van der Waals surface area contributed by atoms with E-state index < -0.39 is 17.8 Å². The zero-order valence-electron chi connectivity index (χ0n) is 18.4.